The first kappa shape index (κ1) is 9.51. The molecular weight excluding hydrogens is 192 g/mol. The molecule has 0 aliphatic rings. The predicted molar refractivity (Wildman–Crippen MR) is 57.2 cm³/mol. The van der Waals surface area contributed by atoms with Gasteiger partial charge < -0.3 is 15.5 Å². The molecule has 0 aliphatic heterocycles. The number of aromatic nitrogens is 2. The van der Waals surface area contributed by atoms with Gasteiger partial charge in [-0.3, -0.25) is 0 Å². The van der Waals surface area contributed by atoms with Crippen molar-refractivity contribution in [1.29, 1.82) is 0 Å². The lowest BCUT2D eigenvalue weighted by Crippen LogP contribution is -2.01. The topological polar surface area (TPSA) is 77.0 Å². The van der Waals surface area contributed by atoms with E-state index < -0.39 is 0 Å². The first-order valence-corrected chi connectivity index (χ1v) is 4.61. The standard InChI is InChI=1S/C10H12N4O/c1-7-2-3-8(15-7)4-13-10-6-12-9(11)5-14-10/h2-3,5-6H,4H2,1H3,(H2,11,12)(H,13,14). The molecule has 15 heavy (non-hydrogen) atoms. The lowest BCUT2D eigenvalue weighted by molar-refractivity contribution is 0.490. The summed E-state index contributed by atoms with van der Waals surface area (Å²) < 4.78 is 5.39. The van der Waals surface area contributed by atoms with Crippen molar-refractivity contribution in [1.82, 2.24) is 9.97 Å². The Bertz CT molecular complexity index is 435. The SMILES string of the molecule is Cc1ccc(CNc2cnc(N)cn2)o1. The second kappa shape index (κ2) is 4.00. The van der Waals surface area contributed by atoms with Crippen molar-refractivity contribution in [2.45, 2.75) is 13.5 Å². The van der Waals surface area contributed by atoms with E-state index in [1.165, 1.54) is 6.20 Å². The highest BCUT2D eigenvalue weighted by Crippen LogP contribution is 2.09. The molecule has 0 bridgehead atoms. The molecule has 0 spiro atoms. The van der Waals surface area contributed by atoms with Crippen molar-refractivity contribution >= 4 is 11.6 Å². The van der Waals surface area contributed by atoms with Crippen LogP contribution in [0.1, 0.15) is 11.5 Å². The summed E-state index contributed by atoms with van der Waals surface area (Å²) >= 11 is 0. The Morgan fingerprint density at radius 2 is 2.20 bits per heavy atom. The first-order valence-electron chi connectivity index (χ1n) is 4.61. The largest absolute Gasteiger partial charge is 0.465 e. The van der Waals surface area contributed by atoms with E-state index in [1.54, 1.807) is 6.20 Å². The monoisotopic (exact) mass is 204 g/mol. The molecule has 2 heterocycles. The molecule has 3 N–H and O–H groups in total. The van der Waals surface area contributed by atoms with Crippen LogP contribution in [0.4, 0.5) is 11.6 Å². The summed E-state index contributed by atoms with van der Waals surface area (Å²) in [4.78, 5) is 7.98. The lowest BCUT2D eigenvalue weighted by atomic mass is 10.4. The predicted octanol–water partition coefficient (Wildman–Crippen LogP) is 1.57. The van der Waals surface area contributed by atoms with E-state index in [4.69, 9.17) is 10.2 Å². The van der Waals surface area contributed by atoms with Crippen LogP contribution in [-0.4, -0.2) is 9.97 Å². The number of hydrogen-bond donors (Lipinski definition) is 2. The van der Waals surface area contributed by atoms with E-state index in [2.05, 4.69) is 15.3 Å². The van der Waals surface area contributed by atoms with Crippen molar-refractivity contribution in [3.05, 3.63) is 36.0 Å². The second-order valence-corrected chi connectivity index (χ2v) is 3.19. The molecule has 78 valence electrons. The summed E-state index contributed by atoms with van der Waals surface area (Å²) in [5.41, 5.74) is 5.42. The molecule has 0 atom stereocenters. The Labute approximate surface area is 87.3 Å². The van der Waals surface area contributed by atoms with Gasteiger partial charge >= 0.3 is 0 Å². The number of rotatable bonds is 3. The quantitative estimate of drug-likeness (QED) is 0.793. The highest BCUT2D eigenvalue weighted by atomic mass is 16.3. The van der Waals surface area contributed by atoms with E-state index in [-0.39, 0.29) is 0 Å². The summed E-state index contributed by atoms with van der Waals surface area (Å²) in [5.74, 6) is 2.86. The smallest absolute Gasteiger partial charge is 0.145 e. The normalized spacial score (nSPS) is 10.2. The second-order valence-electron chi connectivity index (χ2n) is 3.19. The van der Waals surface area contributed by atoms with Gasteiger partial charge in [0.1, 0.15) is 23.2 Å². The zero-order valence-electron chi connectivity index (χ0n) is 8.40. The fourth-order valence-electron chi connectivity index (χ4n) is 1.19. The van der Waals surface area contributed by atoms with Gasteiger partial charge in [-0.2, -0.15) is 0 Å². The molecule has 0 aromatic carbocycles. The Morgan fingerprint density at radius 1 is 1.33 bits per heavy atom. The fourth-order valence-corrected chi connectivity index (χ4v) is 1.19. The Kier molecular flexibility index (Phi) is 2.53. The molecule has 5 heteroatoms. The third-order valence-electron chi connectivity index (χ3n) is 1.91. The maximum absolute atomic E-state index is 5.42. The van der Waals surface area contributed by atoms with Gasteiger partial charge in [-0.05, 0) is 19.1 Å². The average molecular weight is 204 g/mol. The Balaban J connectivity index is 1.96. The summed E-state index contributed by atoms with van der Waals surface area (Å²) in [6.07, 6.45) is 3.10. The maximum Gasteiger partial charge on any atom is 0.145 e. The van der Waals surface area contributed by atoms with E-state index in [0.29, 0.717) is 18.2 Å². The van der Waals surface area contributed by atoms with Crippen LogP contribution in [-0.2, 0) is 6.54 Å². The highest BCUT2D eigenvalue weighted by molar-refractivity contribution is 5.36. The van der Waals surface area contributed by atoms with Crippen molar-refractivity contribution < 1.29 is 4.42 Å². The van der Waals surface area contributed by atoms with Crippen LogP contribution in [0.25, 0.3) is 0 Å². The van der Waals surface area contributed by atoms with Crippen LogP contribution >= 0.6 is 0 Å². The number of nitrogens with two attached hydrogens (primary N) is 1. The number of nitrogen functional groups attached to an aromatic ring is 1. The van der Waals surface area contributed by atoms with Crippen LogP contribution in [0.15, 0.2) is 28.9 Å². The zero-order valence-corrected chi connectivity index (χ0v) is 8.40. The molecular formula is C10H12N4O. The highest BCUT2D eigenvalue weighted by Gasteiger charge is 1.99. The van der Waals surface area contributed by atoms with Gasteiger partial charge in [-0.25, -0.2) is 9.97 Å². The minimum absolute atomic E-state index is 0.411. The number of aryl methyl sites for hydroxylation is 1. The molecule has 0 saturated heterocycles. The lowest BCUT2D eigenvalue weighted by Gasteiger charge is -2.02. The minimum Gasteiger partial charge on any atom is -0.465 e. The summed E-state index contributed by atoms with van der Waals surface area (Å²) in [5, 5.41) is 3.08. The van der Waals surface area contributed by atoms with Crippen LogP contribution in [0.3, 0.4) is 0 Å². The maximum atomic E-state index is 5.42. The Hall–Kier alpha value is -2.04. The van der Waals surface area contributed by atoms with E-state index in [0.717, 1.165) is 11.5 Å². The van der Waals surface area contributed by atoms with E-state index >= 15 is 0 Å². The first-order chi connectivity index (χ1) is 7.24. The molecule has 2 aromatic rings. The van der Waals surface area contributed by atoms with Crippen molar-refractivity contribution in [2.24, 2.45) is 0 Å². The molecule has 2 rings (SSSR count). The van der Waals surface area contributed by atoms with Gasteiger partial charge in [0.25, 0.3) is 0 Å². The van der Waals surface area contributed by atoms with Crippen LogP contribution in [0.5, 0.6) is 0 Å². The Morgan fingerprint density at radius 3 is 2.80 bits per heavy atom. The van der Waals surface area contributed by atoms with Gasteiger partial charge in [0.2, 0.25) is 0 Å². The van der Waals surface area contributed by atoms with Gasteiger partial charge in [-0.15, -0.1) is 0 Å². The molecule has 0 unspecified atom stereocenters. The van der Waals surface area contributed by atoms with Crippen LogP contribution in [0.2, 0.25) is 0 Å². The molecule has 2 aromatic heterocycles. The van der Waals surface area contributed by atoms with Gasteiger partial charge in [0, 0.05) is 0 Å². The summed E-state index contributed by atoms with van der Waals surface area (Å²) in [7, 11) is 0. The number of hydrogen-bond acceptors (Lipinski definition) is 5. The number of anilines is 2. The number of nitrogens with one attached hydrogen (secondary N) is 1. The van der Waals surface area contributed by atoms with Crippen molar-refractivity contribution in [3.63, 3.8) is 0 Å². The van der Waals surface area contributed by atoms with Gasteiger partial charge in [0.15, 0.2) is 0 Å². The van der Waals surface area contributed by atoms with E-state index in [1.807, 2.05) is 19.1 Å². The van der Waals surface area contributed by atoms with Gasteiger partial charge in [0.05, 0.1) is 18.9 Å². The molecule has 0 aliphatic carbocycles. The van der Waals surface area contributed by atoms with E-state index in [9.17, 15) is 0 Å². The van der Waals surface area contributed by atoms with Crippen LogP contribution in [0, 0.1) is 6.92 Å². The number of nitrogens with zero attached hydrogens (tertiary/aromatic N) is 2. The molecule has 5 nitrogen and oxygen atoms in total. The van der Waals surface area contributed by atoms with Gasteiger partial charge in [-0.1, -0.05) is 0 Å². The number of furan rings is 1. The molecule has 0 radical (unpaired) electrons. The minimum atomic E-state index is 0.411. The fraction of sp³-hybridized carbons (Fsp3) is 0.200. The summed E-state index contributed by atoms with van der Waals surface area (Å²) in [6.45, 7) is 2.50. The third-order valence-corrected chi connectivity index (χ3v) is 1.91. The average Bonchev–Trinajstić information content (AvgIpc) is 2.64. The molecule has 0 fully saturated rings. The summed E-state index contributed by atoms with van der Waals surface area (Å²) in [6, 6.07) is 3.85. The van der Waals surface area contributed by atoms with Crippen molar-refractivity contribution in [3.8, 4) is 0 Å². The molecule has 0 saturated carbocycles. The van der Waals surface area contributed by atoms with Crippen molar-refractivity contribution in [2.75, 3.05) is 11.1 Å². The van der Waals surface area contributed by atoms with Crippen LogP contribution < -0.4 is 11.1 Å². The molecule has 0 amide bonds. The zero-order chi connectivity index (χ0) is 10.7. The third kappa shape index (κ3) is 2.46.